The minimum Gasteiger partial charge on any atom is -0.444 e. The average molecular weight is 321 g/mol. The summed E-state index contributed by atoms with van der Waals surface area (Å²) in [7, 11) is 0. The van der Waals surface area contributed by atoms with Crippen molar-refractivity contribution in [2.75, 3.05) is 0 Å². The van der Waals surface area contributed by atoms with Crippen molar-refractivity contribution < 1.29 is 4.42 Å². The Morgan fingerprint density at radius 3 is 3.05 bits per heavy atom. The summed E-state index contributed by atoms with van der Waals surface area (Å²) >= 11 is 3.20. The molecule has 0 aliphatic rings. The fourth-order valence-corrected chi connectivity index (χ4v) is 3.47. The van der Waals surface area contributed by atoms with E-state index >= 15 is 0 Å². The predicted octanol–water partition coefficient (Wildman–Crippen LogP) is 2.77. The van der Waals surface area contributed by atoms with E-state index < -0.39 is 0 Å². The van der Waals surface area contributed by atoms with Crippen LogP contribution in [0.5, 0.6) is 0 Å². The molecular formula is C13H15N5OS2. The fraction of sp³-hybridized carbons (Fsp3) is 0.308. The quantitative estimate of drug-likeness (QED) is 0.703. The van der Waals surface area contributed by atoms with Crippen molar-refractivity contribution in [3.05, 3.63) is 35.3 Å². The van der Waals surface area contributed by atoms with Crippen molar-refractivity contribution in [3.63, 3.8) is 0 Å². The summed E-state index contributed by atoms with van der Waals surface area (Å²) < 4.78 is 7.52. The maximum Gasteiger partial charge on any atom is 0.236 e. The first kappa shape index (κ1) is 14.3. The zero-order chi connectivity index (χ0) is 14.7. The van der Waals surface area contributed by atoms with Crippen molar-refractivity contribution in [3.8, 4) is 10.8 Å². The molecule has 0 aliphatic heterocycles. The molecule has 0 saturated carbocycles. The maximum atomic E-state index is 5.65. The molecule has 0 aliphatic carbocycles. The van der Waals surface area contributed by atoms with Gasteiger partial charge in [-0.2, -0.15) is 0 Å². The number of hydrogen-bond acceptors (Lipinski definition) is 7. The number of rotatable bonds is 6. The Labute approximate surface area is 130 Å². The Balaban J connectivity index is 1.69. The first-order valence-electron chi connectivity index (χ1n) is 6.55. The van der Waals surface area contributed by atoms with Crippen molar-refractivity contribution in [1.29, 1.82) is 0 Å². The van der Waals surface area contributed by atoms with Crippen LogP contribution in [-0.4, -0.2) is 19.7 Å². The molecule has 3 aromatic rings. The van der Waals surface area contributed by atoms with Gasteiger partial charge >= 0.3 is 0 Å². The number of nitrogens with two attached hydrogens (primary N) is 1. The lowest BCUT2D eigenvalue weighted by molar-refractivity contribution is 0.575. The average Bonchev–Trinajstić information content (AvgIpc) is 3.23. The van der Waals surface area contributed by atoms with Gasteiger partial charge in [-0.15, -0.1) is 21.5 Å². The van der Waals surface area contributed by atoms with E-state index in [-0.39, 0.29) is 0 Å². The molecule has 110 valence electrons. The second kappa shape index (κ2) is 6.42. The highest BCUT2D eigenvalue weighted by molar-refractivity contribution is 7.98. The van der Waals surface area contributed by atoms with Gasteiger partial charge < -0.3 is 14.7 Å². The summed E-state index contributed by atoms with van der Waals surface area (Å²) in [5.74, 6) is 2.16. The van der Waals surface area contributed by atoms with Crippen molar-refractivity contribution >= 4 is 23.1 Å². The van der Waals surface area contributed by atoms with Crippen LogP contribution in [0.2, 0.25) is 0 Å². The van der Waals surface area contributed by atoms with Crippen molar-refractivity contribution in [2.24, 2.45) is 5.73 Å². The Hall–Kier alpha value is -1.64. The van der Waals surface area contributed by atoms with E-state index in [4.69, 9.17) is 10.2 Å². The molecular weight excluding hydrogens is 306 g/mol. The molecule has 0 aromatic carbocycles. The van der Waals surface area contributed by atoms with Gasteiger partial charge in [0.2, 0.25) is 5.89 Å². The van der Waals surface area contributed by atoms with E-state index in [9.17, 15) is 0 Å². The molecule has 21 heavy (non-hydrogen) atoms. The highest BCUT2D eigenvalue weighted by Crippen LogP contribution is 2.26. The number of aromatic nitrogens is 4. The van der Waals surface area contributed by atoms with Gasteiger partial charge in [0, 0.05) is 12.3 Å². The molecule has 6 nitrogen and oxygen atoms in total. The Morgan fingerprint density at radius 2 is 2.33 bits per heavy atom. The van der Waals surface area contributed by atoms with Gasteiger partial charge in [-0.25, -0.2) is 4.98 Å². The third-order valence-corrected chi connectivity index (χ3v) is 4.78. The summed E-state index contributed by atoms with van der Waals surface area (Å²) in [5, 5.41) is 11.1. The molecule has 0 saturated heterocycles. The predicted molar refractivity (Wildman–Crippen MR) is 83.0 cm³/mol. The van der Waals surface area contributed by atoms with Crippen LogP contribution in [0.4, 0.5) is 0 Å². The third-order valence-electron chi connectivity index (χ3n) is 2.93. The monoisotopic (exact) mass is 321 g/mol. The standard InChI is InChI=1S/C13H15N5OS2/c1-2-18-11(6-14)16-17-13(18)21-8-9-7-19-12(15-9)10-4-3-5-20-10/h3-5,7H,2,6,8,14H2,1H3. The highest BCUT2D eigenvalue weighted by Gasteiger charge is 2.12. The summed E-state index contributed by atoms with van der Waals surface area (Å²) in [5.41, 5.74) is 6.54. The van der Waals surface area contributed by atoms with Gasteiger partial charge in [-0.05, 0) is 18.4 Å². The fourth-order valence-electron chi connectivity index (χ4n) is 1.92. The lowest BCUT2D eigenvalue weighted by Gasteiger charge is -2.04. The van der Waals surface area contributed by atoms with E-state index in [0.717, 1.165) is 28.1 Å². The van der Waals surface area contributed by atoms with Gasteiger partial charge in [-0.3, -0.25) is 0 Å². The van der Waals surface area contributed by atoms with E-state index in [0.29, 0.717) is 18.2 Å². The lowest BCUT2D eigenvalue weighted by atomic mass is 10.5. The molecule has 0 unspecified atom stereocenters. The van der Waals surface area contributed by atoms with Crippen LogP contribution in [0.1, 0.15) is 18.4 Å². The Bertz CT molecular complexity index is 704. The first-order chi connectivity index (χ1) is 10.3. The minimum atomic E-state index is 0.397. The summed E-state index contributed by atoms with van der Waals surface area (Å²) in [6.07, 6.45) is 1.69. The molecule has 2 N–H and O–H groups in total. The van der Waals surface area contributed by atoms with Crippen molar-refractivity contribution in [2.45, 2.75) is 30.9 Å². The van der Waals surface area contributed by atoms with E-state index in [1.165, 1.54) is 0 Å². The Kier molecular flexibility index (Phi) is 4.37. The molecule has 0 radical (unpaired) electrons. The van der Waals surface area contributed by atoms with Crippen molar-refractivity contribution in [1.82, 2.24) is 19.7 Å². The summed E-state index contributed by atoms with van der Waals surface area (Å²) in [6, 6.07) is 3.98. The van der Waals surface area contributed by atoms with Crippen LogP contribution < -0.4 is 5.73 Å². The highest BCUT2D eigenvalue weighted by atomic mass is 32.2. The first-order valence-corrected chi connectivity index (χ1v) is 8.41. The number of hydrogen-bond donors (Lipinski definition) is 1. The van der Waals surface area contributed by atoms with Gasteiger partial charge in [0.1, 0.15) is 12.1 Å². The largest absolute Gasteiger partial charge is 0.444 e. The molecule has 0 spiro atoms. The number of nitrogens with zero attached hydrogens (tertiary/aromatic N) is 4. The topological polar surface area (TPSA) is 82.8 Å². The van der Waals surface area contributed by atoms with E-state index in [2.05, 4.69) is 22.1 Å². The molecule has 0 atom stereocenters. The van der Waals surface area contributed by atoms with Gasteiger partial charge in [0.25, 0.3) is 0 Å². The van der Waals surface area contributed by atoms with Gasteiger partial charge in [0.15, 0.2) is 5.16 Å². The zero-order valence-corrected chi connectivity index (χ0v) is 13.2. The summed E-state index contributed by atoms with van der Waals surface area (Å²) in [4.78, 5) is 5.53. The van der Waals surface area contributed by atoms with Gasteiger partial charge in [0.05, 0.1) is 17.1 Å². The number of thiophene rings is 1. The molecule has 3 rings (SSSR count). The SMILES string of the molecule is CCn1c(CN)nnc1SCc1coc(-c2cccs2)n1. The maximum absolute atomic E-state index is 5.65. The molecule has 0 fully saturated rings. The van der Waals surface area contributed by atoms with Crippen LogP contribution in [0.25, 0.3) is 10.8 Å². The van der Waals surface area contributed by atoms with Crippen LogP contribution in [0.15, 0.2) is 33.3 Å². The van der Waals surface area contributed by atoms with Crippen LogP contribution >= 0.6 is 23.1 Å². The zero-order valence-electron chi connectivity index (χ0n) is 11.5. The second-order valence-electron chi connectivity index (χ2n) is 4.26. The number of oxazole rings is 1. The minimum absolute atomic E-state index is 0.397. The third kappa shape index (κ3) is 3.02. The van der Waals surface area contributed by atoms with Gasteiger partial charge in [-0.1, -0.05) is 17.8 Å². The van der Waals surface area contributed by atoms with Crippen LogP contribution in [0, 0.1) is 0 Å². The van der Waals surface area contributed by atoms with E-state index in [1.807, 2.05) is 22.1 Å². The number of thioether (sulfide) groups is 1. The normalized spacial score (nSPS) is 11.1. The van der Waals surface area contributed by atoms with E-state index in [1.54, 1.807) is 29.4 Å². The molecule has 0 amide bonds. The Morgan fingerprint density at radius 1 is 1.43 bits per heavy atom. The second-order valence-corrected chi connectivity index (χ2v) is 6.15. The van der Waals surface area contributed by atoms with Crippen LogP contribution in [-0.2, 0) is 18.8 Å². The molecule has 0 bridgehead atoms. The smallest absolute Gasteiger partial charge is 0.236 e. The molecule has 3 aromatic heterocycles. The lowest BCUT2D eigenvalue weighted by Crippen LogP contribution is -2.08. The molecule has 3 heterocycles. The molecule has 8 heteroatoms. The summed E-state index contributed by atoms with van der Waals surface area (Å²) in [6.45, 7) is 3.26. The van der Waals surface area contributed by atoms with Crippen LogP contribution in [0.3, 0.4) is 0 Å².